The molecule has 8 N–H and O–H groups in total. The highest BCUT2D eigenvalue weighted by Crippen LogP contribution is 2.15. The van der Waals surface area contributed by atoms with Gasteiger partial charge in [-0.2, -0.15) is 4.72 Å². The highest BCUT2D eigenvalue weighted by Gasteiger charge is 2.32. The molecule has 0 spiro atoms. The monoisotopic (exact) mass is 562 g/mol. The average Bonchev–Trinajstić information content (AvgIpc) is 2.85. The number of hydrogen-bond donors (Lipinski definition) is 7. The molecule has 0 radical (unpaired) electrons. The number of aliphatic hydroxyl groups excluding tert-OH is 1. The van der Waals surface area contributed by atoms with Crippen LogP contribution in [-0.4, -0.2) is 55.3 Å². The molecule has 3 amide bonds. The number of aliphatic hydroxyl groups is 1. The van der Waals surface area contributed by atoms with Crippen LogP contribution in [0.4, 0.5) is 5.69 Å². The van der Waals surface area contributed by atoms with Gasteiger partial charge >= 0.3 is 0 Å². The first kappa shape index (κ1) is 31.4. The molecule has 0 aliphatic carbocycles. The second kappa shape index (κ2) is 13.8. The number of nitrogens with one attached hydrogen (secondary N) is 5. The molecule has 13 heteroatoms. The zero-order valence-electron chi connectivity index (χ0n) is 22.3. The number of sulfonamides is 1. The standard InChI is InChI=1S/C26H36N6O6S.H2/c1-15(2)13-22(25(35)29-14-18-5-7-19(8-6-18)24(27)28)31-26(36)23(16(3)33)32-39(37,38)21-11-9-20(10-12-21)30-17(4)34;/h5-12,15-16,22-23,32-33H,13-14H2,1-4H3,(H3,27,28)(H,29,35)(H,30,34)(H,31,36);1H/t16?,22-,23+;/m0./s1. The first-order valence-electron chi connectivity index (χ1n) is 12.3. The summed E-state index contributed by atoms with van der Waals surface area (Å²) in [5.74, 6) is -1.72. The summed E-state index contributed by atoms with van der Waals surface area (Å²) in [6.07, 6.45) is -1.15. The molecular formula is C26H38N6O6S. The summed E-state index contributed by atoms with van der Waals surface area (Å²) in [7, 11) is -4.24. The van der Waals surface area contributed by atoms with E-state index in [0.29, 0.717) is 11.3 Å². The lowest BCUT2D eigenvalue weighted by Crippen LogP contribution is -2.57. The molecule has 0 aliphatic rings. The van der Waals surface area contributed by atoms with Crippen LogP contribution in [0.25, 0.3) is 0 Å². The van der Waals surface area contributed by atoms with Gasteiger partial charge in [0, 0.05) is 26.1 Å². The van der Waals surface area contributed by atoms with Gasteiger partial charge in [-0.05, 0) is 49.1 Å². The zero-order chi connectivity index (χ0) is 29.3. The quantitative estimate of drug-likeness (QED) is 0.139. The summed E-state index contributed by atoms with van der Waals surface area (Å²) in [5.41, 5.74) is 7.15. The number of rotatable bonds is 13. The molecule has 39 heavy (non-hydrogen) atoms. The van der Waals surface area contributed by atoms with Gasteiger partial charge in [-0.3, -0.25) is 19.8 Å². The van der Waals surface area contributed by atoms with E-state index in [0.717, 1.165) is 5.56 Å². The van der Waals surface area contributed by atoms with Crippen LogP contribution in [0.15, 0.2) is 53.4 Å². The first-order chi connectivity index (χ1) is 18.2. The number of anilines is 1. The van der Waals surface area contributed by atoms with E-state index in [1.807, 2.05) is 13.8 Å². The number of hydrogen-bond acceptors (Lipinski definition) is 7. The predicted molar refractivity (Wildman–Crippen MR) is 149 cm³/mol. The van der Waals surface area contributed by atoms with Crippen molar-refractivity contribution in [1.29, 1.82) is 5.41 Å². The molecule has 0 saturated heterocycles. The normalized spacial score (nSPS) is 13.7. The molecule has 0 saturated carbocycles. The van der Waals surface area contributed by atoms with Crippen LogP contribution in [0.3, 0.4) is 0 Å². The van der Waals surface area contributed by atoms with Gasteiger partial charge < -0.3 is 26.8 Å². The lowest BCUT2D eigenvalue weighted by molar-refractivity contribution is -0.131. The Bertz CT molecular complexity index is 1280. The Balaban J connectivity index is 0.00000800. The zero-order valence-corrected chi connectivity index (χ0v) is 23.1. The van der Waals surface area contributed by atoms with Crippen LogP contribution in [0.1, 0.15) is 46.7 Å². The fraction of sp³-hybridized carbons (Fsp3) is 0.385. The second-order valence-electron chi connectivity index (χ2n) is 9.56. The average molecular weight is 563 g/mol. The number of benzene rings is 2. The number of nitrogens with two attached hydrogens (primary N) is 1. The lowest BCUT2D eigenvalue weighted by Gasteiger charge is -2.25. The van der Waals surface area contributed by atoms with Gasteiger partial charge in [-0.15, -0.1) is 0 Å². The molecule has 2 aromatic carbocycles. The minimum Gasteiger partial charge on any atom is -0.391 e. The molecule has 2 rings (SSSR count). The molecule has 0 fully saturated rings. The number of carbonyl (C=O) groups excluding carboxylic acids is 3. The molecular weight excluding hydrogens is 524 g/mol. The Labute approximate surface area is 229 Å². The predicted octanol–water partition coefficient (Wildman–Crippen LogP) is 1.05. The maximum Gasteiger partial charge on any atom is 0.242 e. The Morgan fingerprint density at radius 3 is 2.08 bits per heavy atom. The van der Waals surface area contributed by atoms with Crippen LogP contribution in [-0.2, 0) is 31.0 Å². The van der Waals surface area contributed by atoms with Crippen molar-refractivity contribution in [1.82, 2.24) is 15.4 Å². The van der Waals surface area contributed by atoms with E-state index < -0.39 is 40.0 Å². The van der Waals surface area contributed by atoms with E-state index in [4.69, 9.17) is 11.1 Å². The largest absolute Gasteiger partial charge is 0.391 e. The maximum absolute atomic E-state index is 13.1. The highest BCUT2D eigenvalue weighted by molar-refractivity contribution is 7.89. The lowest BCUT2D eigenvalue weighted by atomic mass is 10.0. The van der Waals surface area contributed by atoms with Crippen molar-refractivity contribution in [2.24, 2.45) is 11.7 Å². The van der Waals surface area contributed by atoms with Crippen molar-refractivity contribution in [3.63, 3.8) is 0 Å². The van der Waals surface area contributed by atoms with E-state index in [1.165, 1.54) is 38.1 Å². The van der Waals surface area contributed by atoms with Gasteiger partial charge in [-0.25, -0.2) is 8.42 Å². The van der Waals surface area contributed by atoms with Gasteiger partial charge in [0.25, 0.3) is 0 Å². The molecule has 1 unspecified atom stereocenters. The van der Waals surface area contributed by atoms with Gasteiger partial charge in [0.2, 0.25) is 27.7 Å². The third-order valence-electron chi connectivity index (χ3n) is 5.60. The third kappa shape index (κ3) is 9.78. The van der Waals surface area contributed by atoms with Crippen molar-refractivity contribution in [3.05, 3.63) is 59.7 Å². The van der Waals surface area contributed by atoms with Crippen molar-refractivity contribution < 1.29 is 29.3 Å². The highest BCUT2D eigenvalue weighted by atomic mass is 32.2. The fourth-order valence-corrected chi connectivity index (χ4v) is 4.87. The molecule has 0 aromatic heterocycles. The van der Waals surface area contributed by atoms with E-state index >= 15 is 0 Å². The molecule has 12 nitrogen and oxygen atoms in total. The Morgan fingerprint density at radius 1 is 1.00 bits per heavy atom. The summed E-state index contributed by atoms with van der Waals surface area (Å²) >= 11 is 0. The molecule has 2 aromatic rings. The number of carbonyl (C=O) groups is 3. The topological polar surface area (TPSA) is 204 Å². The van der Waals surface area contributed by atoms with Crippen molar-refractivity contribution in [2.45, 2.75) is 63.7 Å². The minimum absolute atomic E-state index is 0. The smallest absolute Gasteiger partial charge is 0.242 e. The van der Waals surface area contributed by atoms with Crippen LogP contribution in [0.2, 0.25) is 0 Å². The SMILES string of the molecule is CC(=O)Nc1ccc(S(=O)(=O)N[C@@H](C(=O)N[C@@H](CC(C)C)C(=O)NCc2ccc(C(=N)N)cc2)C(C)O)cc1.[HH]. The Kier molecular flexibility index (Phi) is 11.1. The van der Waals surface area contributed by atoms with E-state index in [-0.39, 0.29) is 36.9 Å². The summed E-state index contributed by atoms with van der Waals surface area (Å²) in [6, 6.07) is 9.47. The summed E-state index contributed by atoms with van der Waals surface area (Å²) < 4.78 is 28.0. The van der Waals surface area contributed by atoms with E-state index in [9.17, 15) is 27.9 Å². The van der Waals surface area contributed by atoms with Gasteiger partial charge in [0.05, 0.1) is 11.0 Å². The van der Waals surface area contributed by atoms with Crippen LogP contribution >= 0.6 is 0 Å². The summed E-state index contributed by atoms with van der Waals surface area (Å²) in [4.78, 5) is 37.1. The van der Waals surface area contributed by atoms with Gasteiger partial charge in [0.1, 0.15) is 17.9 Å². The van der Waals surface area contributed by atoms with Crippen molar-refractivity contribution >= 4 is 39.3 Å². The molecule has 3 atom stereocenters. The van der Waals surface area contributed by atoms with Crippen molar-refractivity contribution in [3.8, 4) is 0 Å². The van der Waals surface area contributed by atoms with Crippen LogP contribution < -0.4 is 26.4 Å². The fourth-order valence-electron chi connectivity index (χ4n) is 3.61. The van der Waals surface area contributed by atoms with E-state index in [1.54, 1.807) is 24.3 Å². The molecule has 0 heterocycles. The van der Waals surface area contributed by atoms with E-state index in [2.05, 4.69) is 20.7 Å². The number of nitrogen functional groups attached to an aromatic ring is 1. The molecule has 0 bridgehead atoms. The van der Waals surface area contributed by atoms with Gasteiger partial charge in [-0.1, -0.05) is 38.1 Å². The first-order valence-corrected chi connectivity index (χ1v) is 13.8. The Hall–Kier alpha value is -3.81. The number of amidine groups is 1. The summed E-state index contributed by atoms with van der Waals surface area (Å²) in [5, 5.41) is 25.5. The third-order valence-corrected chi connectivity index (χ3v) is 7.06. The molecule has 0 aliphatic heterocycles. The summed E-state index contributed by atoms with van der Waals surface area (Å²) in [6.45, 7) is 6.47. The Morgan fingerprint density at radius 2 is 1.59 bits per heavy atom. The van der Waals surface area contributed by atoms with Crippen LogP contribution in [0, 0.1) is 11.3 Å². The van der Waals surface area contributed by atoms with Crippen LogP contribution in [0.5, 0.6) is 0 Å². The van der Waals surface area contributed by atoms with Gasteiger partial charge in [0.15, 0.2) is 0 Å². The maximum atomic E-state index is 13.1. The minimum atomic E-state index is -4.24. The van der Waals surface area contributed by atoms with Crippen molar-refractivity contribution in [2.75, 3.05) is 5.32 Å². The number of amides is 3. The second-order valence-corrected chi connectivity index (χ2v) is 11.3. The molecule has 214 valence electrons.